The Morgan fingerprint density at radius 1 is 1.11 bits per heavy atom. The molecule has 2 aromatic carbocycles. The van der Waals surface area contributed by atoms with E-state index in [1.165, 1.54) is 12.1 Å². The lowest BCUT2D eigenvalue weighted by molar-refractivity contribution is -0.119. The van der Waals surface area contributed by atoms with E-state index in [0.717, 1.165) is 4.31 Å². The molecular formula is C20H25ClN2O4S. The van der Waals surface area contributed by atoms with Crippen LogP contribution in [-0.2, 0) is 19.6 Å². The third-order valence-electron chi connectivity index (χ3n) is 3.83. The van der Waals surface area contributed by atoms with Gasteiger partial charge >= 0.3 is 0 Å². The Balaban J connectivity index is 2.13. The van der Waals surface area contributed by atoms with Gasteiger partial charge in [0.05, 0.1) is 16.7 Å². The molecule has 0 fully saturated rings. The lowest BCUT2D eigenvalue weighted by Gasteiger charge is -2.24. The average Bonchev–Trinajstić information content (AvgIpc) is 2.67. The average molecular weight is 425 g/mol. The van der Waals surface area contributed by atoms with Gasteiger partial charge in [0.25, 0.3) is 10.0 Å². The number of carbonyl (C=O) groups excluding carboxylic acids is 1. The fourth-order valence-corrected chi connectivity index (χ4v) is 4.02. The summed E-state index contributed by atoms with van der Waals surface area (Å²) < 4.78 is 32.7. The molecule has 2 aromatic rings. The van der Waals surface area contributed by atoms with E-state index in [9.17, 15) is 13.2 Å². The largest absolute Gasteiger partial charge is 0.379 e. The van der Waals surface area contributed by atoms with Gasteiger partial charge in [0.2, 0.25) is 5.91 Å². The third-order valence-corrected chi connectivity index (χ3v) is 5.87. The molecule has 1 amide bonds. The van der Waals surface area contributed by atoms with Gasteiger partial charge in [-0.1, -0.05) is 29.8 Å². The van der Waals surface area contributed by atoms with E-state index in [1.807, 2.05) is 13.8 Å². The quantitative estimate of drug-likeness (QED) is 0.592. The summed E-state index contributed by atoms with van der Waals surface area (Å²) in [5.74, 6) is -0.390. The van der Waals surface area contributed by atoms with Gasteiger partial charge in [0, 0.05) is 18.2 Å². The van der Waals surface area contributed by atoms with Crippen LogP contribution in [0.2, 0.25) is 5.02 Å². The maximum absolute atomic E-state index is 13.1. The molecule has 0 aromatic heterocycles. The summed E-state index contributed by atoms with van der Waals surface area (Å²) in [6.07, 6.45) is 0.781. The number of anilines is 1. The Bertz CT molecular complexity index is 856. The Kier molecular flexibility index (Phi) is 8.29. The van der Waals surface area contributed by atoms with Crippen molar-refractivity contribution in [1.82, 2.24) is 5.32 Å². The zero-order chi connectivity index (χ0) is 20.6. The van der Waals surface area contributed by atoms with E-state index in [4.69, 9.17) is 16.3 Å². The Hall–Kier alpha value is -2.09. The molecule has 0 bridgehead atoms. The van der Waals surface area contributed by atoms with Gasteiger partial charge in [-0.3, -0.25) is 9.10 Å². The predicted molar refractivity (Wildman–Crippen MR) is 111 cm³/mol. The Morgan fingerprint density at radius 3 is 2.36 bits per heavy atom. The molecule has 0 heterocycles. The molecule has 0 saturated heterocycles. The topological polar surface area (TPSA) is 75.7 Å². The van der Waals surface area contributed by atoms with E-state index >= 15 is 0 Å². The van der Waals surface area contributed by atoms with Crippen molar-refractivity contribution in [3.63, 3.8) is 0 Å². The highest BCUT2D eigenvalue weighted by molar-refractivity contribution is 7.92. The monoisotopic (exact) mass is 424 g/mol. The lowest BCUT2D eigenvalue weighted by Crippen LogP contribution is -2.41. The molecule has 152 valence electrons. The first-order chi connectivity index (χ1) is 13.3. The van der Waals surface area contributed by atoms with Crippen LogP contribution >= 0.6 is 11.6 Å². The van der Waals surface area contributed by atoms with E-state index in [-0.39, 0.29) is 23.5 Å². The molecule has 0 aliphatic heterocycles. The van der Waals surface area contributed by atoms with E-state index in [2.05, 4.69) is 5.32 Å². The lowest BCUT2D eigenvalue weighted by atomic mass is 10.3. The SMILES string of the molecule is CC(C)OCCCNC(=O)CN(c1ccc(Cl)cc1)S(=O)(=O)c1ccccc1. The first-order valence-corrected chi connectivity index (χ1v) is 10.8. The molecule has 0 aliphatic carbocycles. The number of rotatable bonds is 10. The summed E-state index contributed by atoms with van der Waals surface area (Å²) >= 11 is 5.91. The van der Waals surface area contributed by atoms with Gasteiger partial charge in [-0.15, -0.1) is 0 Å². The predicted octanol–water partition coefficient (Wildman–Crippen LogP) is 3.47. The molecule has 0 radical (unpaired) electrons. The first-order valence-electron chi connectivity index (χ1n) is 9.02. The van der Waals surface area contributed by atoms with Gasteiger partial charge < -0.3 is 10.1 Å². The van der Waals surface area contributed by atoms with Crippen LogP contribution in [0.4, 0.5) is 5.69 Å². The number of hydrogen-bond acceptors (Lipinski definition) is 4. The van der Waals surface area contributed by atoms with Crippen LogP contribution in [0.1, 0.15) is 20.3 Å². The second kappa shape index (κ2) is 10.5. The summed E-state index contributed by atoms with van der Waals surface area (Å²) in [5.41, 5.74) is 0.367. The number of nitrogens with one attached hydrogen (secondary N) is 1. The maximum Gasteiger partial charge on any atom is 0.264 e. The van der Waals surface area contributed by atoms with Crippen molar-refractivity contribution in [2.45, 2.75) is 31.3 Å². The Morgan fingerprint density at radius 2 is 1.75 bits per heavy atom. The highest BCUT2D eigenvalue weighted by Gasteiger charge is 2.26. The van der Waals surface area contributed by atoms with Crippen molar-refractivity contribution in [2.75, 3.05) is 24.0 Å². The fourth-order valence-electron chi connectivity index (χ4n) is 2.45. The van der Waals surface area contributed by atoms with Crippen LogP contribution in [0.5, 0.6) is 0 Å². The molecule has 1 N–H and O–H groups in total. The van der Waals surface area contributed by atoms with Gasteiger partial charge in [0.15, 0.2) is 0 Å². The van der Waals surface area contributed by atoms with Crippen LogP contribution in [0.3, 0.4) is 0 Å². The molecule has 6 nitrogen and oxygen atoms in total. The summed E-state index contributed by atoms with van der Waals surface area (Å²) in [6.45, 7) is 4.49. The number of ether oxygens (including phenoxy) is 1. The number of sulfonamides is 1. The van der Waals surface area contributed by atoms with Gasteiger partial charge in [-0.05, 0) is 56.7 Å². The molecule has 0 spiro atoms. The summed E-state index contributed by atoms with van der Waals surface area (Å²) in [6, 6.07) is 14.3. The van der Waals surface area contributed by atoms with Crippen molar-refractivity contribution < 1.29 is 17.9 Å². The van der Waals surface area contributed by atoms with E-state index in [1.54, 1.807) is 42.5 Å². The van der Waals surface area contributed by atoms with Crippen molar-refractivity contribution in [3.05, 3.63) is 59.6 Å². The smallest absolute Gasteiger partial charge is 0.264 e. The van der Waals surface area contributed by atoms with Crippen LogP contribution in [0.15, 0.2) is 59.5 Å². The minimum atomic E-state index is -3.90. The molecule has 28 heavy (non-hydrogen) atoms. The molecule has 2 rings (SSSR count). The summed E-state index contributed by atoms with van der Waals surface area (Å²) in [7, 11) is -3.90. The number of amides is 1. The Labute approximate surface area is 171 Å². The third kappa shape index (κ3) is 6.51. The normalized spacial score (nSPS) is 11.4. The molecule has 8 heteroatoms. The van der Waals surface area contributed by atoms with E-state index < -0.39 is 10.0 Å². The summed E-state index contributed by atoms with van der Waals surface area (Å²) in [4.78, 5) is 12.5. The van der Waals surface area contributed by atoms with Gasteiger partial charge in [-0.25, -0.2) is 8.42 Å². The number of halogens is 1. The standard InChI is InChI=1S/C20H25ClN2O4S/c1-16(2)27-14-6-13-22-20(24)15-23(18-11-9-17(21)10-12-18)28(25,26)19-7-4-3-5-8-19/h3-5,7-12,16H,6,13-15H2,1-2H3,(H,22,24). The molecule has 0 atom stereocenters. The second-order valence-electron chi connectivity index (χ2n) is 6.42. The van der Waals surface area contributed by atoms with Crippen LogP contribution < -0.4 is 9.62 Å². The number of carbonyl (C=O) groups is 1. The zero-order valence-corrected chi connectivity index (χ0v) is 17.5. The van der Waals surface area contributed by atoms with Crippen molar-refractivity contribution >= 4 is 33.2 Å². The van der Waals surface area contributed by atoms with Crippen molar-refractivity contribution in [1.29, 1.82) is 0 Å². The molecule has 0 saturated carbocycles. The number of benzene rings is 2. The van der Waals surface area contributed by atoms with Crippen molar-refractivity contribution in [2.24, 2.45) is 0 Å². The van der Waals surface area contributed by atoms with Crippen molar-refractivity contribution in [3.8, 4) is 0 Å². The van der Waals surface area contributed by atoms with Gasteiger partial charge in [-0.2, -0.15) is 0 Å². The minimum absolute atomic E-state index is 0.114. The number of hydrogen-bond donors (Lipinski definition) is 1. The minimum Gasteiger partial charge on any atom is -0.379 e. The maximum atomic E-state index is 13.1. The fraction of sp³-hybridized carbons (Fsp3) is 0.350. The van der Waals surface area contributed by atoms with Crippen LogP contribution in [0, 0.1) is 0 Å². The highest BCUT2D eigenvalue weighted by atomic mass is 35.5. The van der Waals surface area contributed by atoms with Gasteiger partial charge in [0.1, 0.15) is 6.54 Å². The van der Waals surface area contributed by atoms with Crippen LogP contribution in [0.25, 0.3) is 0 Å². The van der Waals surface area contributed by atoms with Crippen LogP contribution in [-0.4, -0.2) is 40.1 Å². The first kappa shape index (κ1) is 22.2. The second-order valence-corrected chi connectivity index (χ2v) is 8.72. The zero-order valence-electron chi connectivity index (χ0n) is 16.0. The molecule has 0 unspecified atom stereocenters. The molecular weight excluding hydrogens is 400 g/mol. The number of nitrogens with zero attached hydrogens (tertiary/aromatic N) is 1. The van der Waals surface area contributed by atoms with E-state index in [0.29, 0.717) is 30.3 Å². The highest BCUT2D eigenvalue weighted by Crippen LogP contribution is 2.24. The molecule has 0 aliphatic rings. The summed E-state index contributed by atoms with van der Waals surface area (Å²) in [5, 5.41) is 3.22.